The van der Waals surface area contributed by atoms with Crippen LogP contribution in [0.15, 0.2) is 18.2 Å². The number of epoxide rings is 1. The Morgan fingerprint density at radius 1 is 1.29 bits per heavy atom. The first-order chi connectivity index (χ1) is 10.1. The number of amides is 1. The van der Waals surface area contributed by atoms with E-state index in [4.69, 9.17) is 32.7 Å². The van der Waals surface area contributed by atoms with Crippen LogP contribution >= 0.6 is 23.2 Å². The zero-order chi connectivity index (χ0) is 15.0. The molecular formula is C14H14Cl2NO4-. The van der Waals surface area contributed by atoms with Crippen molar-refractivity contribution in [2.45, 2.75) is 18.1 Å². The second-order valence-corrected chi connectivity index (χ2v) is 6.01. The van der Waals surface area contributed by atoms with Crippen LogP contribution in [-0.4, -0.2) is 49.5 Å². The normalized spacial score (nSPS) is 29.0. The maximum atomic E-state index is 11.2. The summed E-state index contributed by atoms with van der Waals surface area (Å²) in [6, 6.07) is 5.31. The number of hydrogen-bond acceptors (Lipinski definition) is 4. The van der Waals surface area contributed by atoms with Gasteiger partial charge >= 0.3 is 0 Å². The second kappa shape index (κ2) is 6.01. The molecule has 3 atom stereocenters. The van der Waals surface area contributed by atoms with E-state index in [1.807, 2.05) is 6.07 Å². The molecule has 0 radical (unpaired) electrons. The molecule has 2 aliphatic heterocycles. The van der Waals surface area contributed by atoms with Crippen LogP contribution in [0, 0.1) is 0 Å². The second-order valence-electron chi connectivity index (χ2n) is 5.20. The van der Waals surface area contributed by atoms with E-state index in [0.29, 0.717) is 36.3 Å². The number of nitrogens with zero attached hydrogens (tertiary/aromatic N) is 1. The summed E-state index contributed by atoms with van der Waals surface area (Å²) in [4.78, 5) is 12.4. The lowest BCUT2D eigenvalue weighted by Crippen LogP contribution is -2.44. The Labute approximate surface area is 132 Å². The van der Waals surface area contributed by atoms with E-state index < -0.39 is 6.09 Å². The molecule has 0 spiro atoms. The number of carbonyl (C=O) groups is 1. The van der Waals surface area contributed by atoms with Gasteiger partial charge in [0.25, 0.3) is 0 Å². The van der Waals surface area contributed by atoms with Crippen molar-refractivity contribution < 1.29 is 19.4 Å². The number of ether oxygens (including phenoxy) is 2. The molecule has 3 unspecified atom stereocenters. The average molecular weight is 331 g/mol. The molecule has 1 aromatic carbocycles. The summed E-state index contributed by atoms with van der Waals surface area (Å²) in [5, 5.41) is 12.1. The van der Waals surface area contributed by atoms with Crippen LogP contribution in [0.3, 0.4) is 0 Å². The van der Waals surface area contributed by atoms with Gasteiger partial charge in [-0.05, 0) is 17.7 Å². The van der Waals surface area contributed by atoms with Gasteiger partial charge in [0, 0.05) is 19.0 Å². The zero-order valence-electron chi connectivity index (χ0n) is 11.1. The quantitative estimate of drug-likeness (QED) is 0.771. The number of rotatable bonds is 2. The summed E-state index contributed by atoms with van der Waals surface area (Å²) in [6.07, 6.45) is -1.38. The van der Waals surface area contributed by atoms with Crippen molar-refractivity contribution in [2.24, 2.45) is 0 Å². The molecule has 114 valence electrons. The van der Waals surface area contributed by atoms with Gasteiger partial charge in [0.15, 0.2) is 0 Å². The summed E-state index contributed by atoms with van der Waals surface area (Å²) < 4.78 is 11.1. The molecule has 0 saturated carbocycles. The number of benzene rings is 1. The molecular weight excluding hydrogens is 317 g/mol. The van der Waals surface area contributed by atoms with Crippen molar-refractivity contribution in [1.82, 2.24) is 4.90 Å². The molecule has 0 bridgehead atoms. The van der Waals surface area contributed by atoms with Gasteiger partial charge in [-0.15, -0.1) is 0 Å². The van der Waals surface area contributed by atoms with E-state index in [1.165, 1.54) is 4.90 Å². The van der Waals surface area contributed by atoms with Crippen LogP contribution in [0.25, 0.3) is 0 Å². The standard InChI is InChI=1S/C14H15Cl2NO4/c15-10-2-1-8(5-11(10)16)9-6-17(14(18)19)3-4-20-13(9)12-7-21-12/h1-2,5,9,12-13H,3-4,6-7H2,(H,18,19)/p-1. The lowest BCUT2D eigenvalue weighted by molar-refractivity contribution is -0.265. The first-order valence-corrected chi connectivity index (χ1v) is 7.46. The van der Waals surface area contributed by atoms with Gasteiger partial charge in [-0.25, -0.2) is 0 Å². The van der Waals surface area contributed by atoms with Gasteiger partial charge in [0.1, 0.15) is 12.2 Å². The number of halogens is 2. The minimum absolute atomic E-state index is 0.00570. The molecule has 0 N–H and O–H groups in total. The topological polar surface area (TPSA) is 65.1 Å². The predicted octanol–water partition coefficient (Wildman–Crippen LogP) is 1.52. The maximum Gasteiger partial charge on any atom is 0.137 e. The van der Waals surface area contributed by atoms with Gasteiger partial charge in [-0.2, -0.15) is 0 Å². The Kier molecular flexibility index (Phi) is 4.26. The average Bonchev–Trinajstić information content (AvgIpc) is 3.25. The Balaban J connectivity index is 1.91. The minimum Gasteiger partial charge on any atom is -0.530 e. The third kappa shape index (κ3) is 3.26. The summed E-state index contributed by atoms with van der Waals surface area (Å²) in [5.74, 6) is -0.160. The van der Waals surface area contributed by atoms with Gasteiger partial charge in [-0.1, -0.05) is 29.3 Å². The Hall–Kier alpha value is -1.01. The first-order valence-electron chi connectivity index (χ1n) is 6.70. The summed E-state index contributed by atoms with van der Waals surface area (Å²) in [5.41, 5.74) is 0.887. The molecule has 2 saturated heterocycles. The third-order valence-corrected chi connectivity index (χ3v) is 4.58. The molecule has 2 aliphatic rings. The summed E-state index contributed by atoms with van der Waals surface area (Å²) in [7, 11) is 0. The van der Waals surface area contributed by atoms with Crippen molar-refractivity contribution in [3.63, 3.8) is 0 Å². The van der Waals surface area contributed by atoms with Gasteiger partial charge in [0.05, 0.1) is 29.4 Å². The fourth-order valence-electron chi connectivity index (χ4n) is 2.66. The number of carbonyl (C=O) groups excluding carboxylic acids is 1. The van der Waals surface area contributed by atoms with Crippen molar-refractivity contribution in [3.05, 3.63) is 33.8 Å². The zero-order valence-corrected chi connectivity index (χ0v) is 12.6. The van der Waals surface area contributed by atoms with Crippen LogP contribution in [0.1, 0.15) is 11.5 Å². The molecule has 0 aliphatic carbocycles. The Morgan fingerprint density at radius 3 is 2.67 bits per heavy atom. The summed E-state index contributed by atoms with van der Waals surface area (Å²) >= 11 is 12.0. The van der Waals surface area contributed by atoms with Gasteiger partial charge in [-0.3, -0.25) is 0 Å². The number of hydrogen-bond donors (Lipinski definition) is 0. The largest absolute Gasteiger partial charge is 0.530 e. The fraction of sp³-hybridized carbons (Fsp3) is 0.500. The smallest absolute Gasteiger partial charge is 0.137 e. The fourth-order valence-corrected chi connectivity index (χ4v) is 2.97. The van der Waals surface area contributed by atoms with Crippen LogP contribution in [0.4, 0.5) is 4.79 Å². The monoisotopic (exact) mass is 330 g/mol. The van der Waals surface area contributed by atoms with Crippen LogP contribution in [0.2, 0.25) is 10.0 Å². The molecule has 3 rings (SSSR count). The van der Waals surface area contributed by atoms with Gasteiger partial charge in [0.2, 0.25) is 0 Å². The molecule has 2 fully saturated rings. The van der Waals surface area contributed by atoms with Gasteiger partial charge < -0.3 is 24.3 Å². The van der Waals surface area contributed by atoms with E-state index >= 15 is 0 Å². The van der Waals surface area contributed by atoms with Crippen molar-refractivity contribution >= 4 is 29.3 Å². The van der Waals surface area contributed by atoms with E-state index in [9.17, 15) is 9.90 Å². The predicted molar refractivity (Wildman–Crippen MR) is 75.7 cm³/mol. The van der Waals surface area contributed by atoms with Crippen molar-refractivity contribution in [2.75, 3.05) is 26.3 Å². The molecule has 7 heteroatoms. The van der Waals surface area contributed by atoms with E-state index in [0.717, 1.165) is 5.56 Å². The third-order valence-electron chi connectivity index (χ3n) is 3.84. The lowest BCUT2D eigenvalue weighted by atomic mass is 9.91. The molecule has 1 amide bonds. The maximum absolute atomic E-state index is 11.2. The highest BCUT2D eigenvalue weighted by Gasteiger charge is 2.41. The SMILES string of the molecule is O=C([O-])N1CCOC(C2CO2)C(c2ccc(Cl)c(Cl)c2)C1. The van der Waals surface area contributed by atoms with Crippen molar-refractivity contribution in [1.29, 1.82) is 0 Å². The Bertz CT molecular complexity index is 550. The van der Waals surface area contributed by atoms with E-state index in [2.05, 4.69) is 0 Å². The highest BCUT2D eigenvalue weighted by Crippen LogP contribution is 2.35. The van der Waals surface area contributed by atoms with E-state index in [1.54, 1.807) is 12.1 Å². The minimum atomic E-state index is -1.19. The molecule has 0 aromatic heterocycles. The van der Waals surface area contributed by atoms with Crippen LogP contribution in [-0.2, 0) is 9.47 Å². The first kappa shape index (κ1) is 14.9. The Morgan fingerprint density at radius 2 is 2.05 bits per heavy atom. The van der Waals surface area contributed by atoms with Crippen LogP contribution < -0.4 is 5.11 Å². The molecule has 21 heavy (non-hydrogen) atoms. The lowest BCUT2D eigenvalue weighted by Gasteiger charge is -2.28. The summed E-state index contributed by atoms with van der Waals surface area (Å²) in [6.45, 7) is 1.55. The van der Waals surface area contributed by atoms with E-state index in [-0.39, 0.29) is 18.1 Å². The molecule has 2 heterocycles. The highest BCUT2D eigenvalue weighted by molar-refractivity contribution is 6.42. The van der Waals surface area contributed by atoms with Crippen molar-refractivity contribution in [3.8, 4) is 0 Å². The van der Waals surface area contributed by atoms with Crippen LogP contribution in [0.5, 0.6) is 0 Å². The molecule has 5 nitrogen and oxygen atoms in total. The highest BCUT2D eigenvalue weighted by atomic mass is 35.5. The number of carboxylic acid groups (broad SMARTS) is 1. The molecule has 1 aromatic rings.